The van der Waals surface area contributed by atoms with Crippen molar-refractivity contribution in [3.63, 3.8) is 0 Å². The highest BCUT2D eigenvalue weighted by molar-refractivity contribution is 5.43. The Morgan fingerprint density at radius 3 is 1.78 bits per heavy atom. The Hall–Kier alpha value is -1.14. The summed E-state index contributed by atoms with van der Waals surface area (Å²) in [4.78, 5) is 0. The van der Waals surface area contributed by atoms with E-state index in [-0.39, 0.29) is 0 Å². The Morgan fingerprint density at radius 2 is 1.44 bits per heavy atom. The molecule has 0 atom stereocenters. The Kier molecular flexibility index (Phi) is 1.61. The van der Waals surface area contributed by atoms with E-state index in [1.54, 1.807) is 0 Å². The lowest BCUT2D eigenvalue weighted by Crippen LogP contribution is -1.73. The minimum absolute atomic E-state index is 1.01. The number of rotatable bonds is 0. The monoisotopic (exact) mass is 116 g/mol. The molecule has 0 heteroatoms. The van der Waals surface area contributed by atoms with E-state index >= 15 is 0 Å². The molecule has 0 nitrogen and oxygen atoms in total. The van der Waals surface area contributed by atoms with Crippen LogP contribution in [0.15, 0.2) is 11.1 Å². The van der Waals surface area contributed by atoms with Crippen molar-refractivity contribution in [1.82, 2.24) is 0 Å². The second kappa shape index (κ2) is 2.42. The second-order valence-corrected chi connectivity index (χ2v) is 2.10. The molecule has 1 aliphatic carbocycles. The van der Waals surface area contributed by atoms with Gasteiger partial charge in [0.2, 0.25) is 0 Å². The van der Waals surface area contributed by atoms with Crippen LogP contribution < -0.4 is 0 Å². The standard InChI is InChI=1S/C9H8/c1-3-8-6-5-7-9(8)4-2/h1-2H,5-7H2. The van der Waals surface area contributed by atoms with E-state index in [0.717, 1.165) is 30.4 Å². The Labute approximate surface area is 56.0 Å². The van der Waals surface area contributed by atoms with Gasteiger partial charge in [0, 0.05) is 11.1 Å². The smallest absolute Gasteiger partial charge is 0.0133 e. The van der Waals surface area contributed by atoms with Gasteiger partial charge in [-0.25, -0.2) is 0 Å². The van der Waals surface area contributed by atoms with Crippen molar-refractivity contribution >= 4 is 0 Å². The molecular weight excluding hydrogens is 108 g/mol. The molecule has 0 unspecified atom stereocenters. The molecule has 0 aromatic heterocycles. The predicted molar refractivity (Wildman–Crippen MR) is 38.5 cm³/mol. The molecule has 0 aliphatic heterocycles. The maximum Gasteiger partial charge on any atom is 0.0133 e. The average Bonchev–Trinajstić information content (AvgIpc) is 2.33. The molecule has 0 fully saturated rings. The van der Waals surface area contributed by atoms with Crippen LogP contribution >= 0.6 is 0 Å². The molecule has 0 aromatic rings. The van der Waals surface area contributed by atoms with Gasteiger partial charge in [-0.05, 0) is 19.3 Å². The van der Waals surface area contributed by atoms with Gasteiger partial charge in [-0.3, -0.25) is 0 Å². The van der Waals surface area contributed by atoms with Gasteiger partial charge in [0.25, 0.3) is 0 Å². The van der Waals surface area contributed by atoms with Crippen LogP contribution in [0.5, 0.6) is 0 Å². The summed E-state index contributed by atoms with van der Waals surface area (Å²) in [5.74, 6) is 5.20. The molecule has 9 heavy (non-hydrogen) atoms. The van der Waals surface area contributed by atoms with Crippen molar-refractivity contribution in [3.05, 3.63) is 11.1 Å². The first-order valence-corrected chi connectivity index (χ1v) is 3.03. The maximum absolute atomic E-state index is 5.20. The summed E-state index contributed by atoms with van der Waals surface area (Å²) in [6, 6.07) is 0. The number of hydrogen-bond acceptors (Lipinski definition) is 0. The van der Waals surface area contributed by atoms with Crippen molar-refractivity contribution in [1.29, 1.82) is 0 Å². The van der Waals surface area contributed by atoms with Gasteiger partial charge in [-0.1, -0.05) is 11.8 Å². The topological polar surface area (TPSA) is 0 Å². The molecule has 0 saturated carbocycles. The van der Waals surface area contributed by atoms with Gasteiger partial charge >= 0.3 is 0 Å². The highest BCUT2D eigenvalue weighted by Crippen LogP contribution is 2.23. The fraction of sp³-hybridized carbons (Fsp3) is 0.333. The van der Waals surface area contributed by atoms with Crippen LogP contribution in [0.2, 0.25) is 0 Å². The molecule has 1 aliphatic rings. The molecule has 0 amide bonds. The van der Waals surface area contributed by atoms with E-state index in [2.05, 4.69) is 11.8 Å². The van der Waals surface area contributed by atoms with Crippen molar-refractivity contribution in [2.75, 3.05) is 0 Å². The van der Waals surface area contributed by atoms with Crippen LogP contribution in [0.3, 0.4) is 0 Å². The molecule has 1 rings (SSSR count). The van der Waals surface area contributed by atoms with Gasteiger partial charge in [0.1, 0.15) is 0 Å². The van der Waals surface area contributed by atoms with Crippen LogP contribution in [0, 0.1) is 24.7 Å². The molecule has 0 bridgehead atoms. The summed E-state index contributed by atoms with van der Waals surface area (Å²) in [6.07, 6.45) is 13.6. The summed E-state index contributed by atoms with van der Waals surface area (Å²) in [7, 11) is 0. The highest BCUT2D eigenvalue weighted by atomic mass is 14.1. The molecule has 0 heterocycles. The Bertz CT molecular complexity index is 193. The van der Waals surface area contributed by atoms with Crippen LogP contribution in [-0.4, -0.2) is 0 Å². The third-order valence-corrected chi connectivity index (χ3v) is 1.57. The fourth-order valence-electron chi connectivity index (χ4n) is 1.06. The fourth-order valence-corrected chi connectivity index (χ4v) is 1.06. The van der Waals surface area contributed by atoms with Crippen LogP contribution in [0.1, 0.15) is 19.3 Å². The van der Waals surface area contributed by atoms with Gasteiger partial charge in [0.15, 0.2) is 0 Å². The zero-order chi connectivity index (χ0) is 6.69. The van der Waals surface area contributed by atoms with Crippen molar-refractivity contribution in [2.24, 2.45) is 0 Å². The van der Waals surface area contributed by atoms with E-state index in [9.17, 15) is 0 Å². The normalized spacial score (nSPS) is 17.1. The third-order valence-electron chi connectivity index (χ3n) is 1.57. The first-order valence-electron chi connectivity index (χ1n) is 3.03. The van der Waals surface area contributed by atoms with Crippen molar-refractivity contribution in [2.45, 2.75) is 19.3 Å². The zero-order valence-electron chi connectivity index (χ0n) is 5.28. The second-order valence-electron chi connectivity index (χ2n) is 2.10. The molecule has 0 radical (unpaired) electrons. The van der Waals surface area contributed by atoms with Gasteiger partial charge in [0.05, 0.1) is 0 Å². The maximum atomic E-state index is 5.20. The summed E-state index contributed by atoms with van der Waals surface area (Å²) >= 11 is 0. The van der Waals surface area contributed by atoms with E-state index in [1.807, 2.05) is 0 Å². The first kappa shape index (κ1) is 5.99. The zero-order valence-corrected chi connectivity index (χ0v) is 5.28. The Morgan fingerprint density at radius 1 is 1.00 bits per heavy atom. The summed E-state index contributed by atoms with van der Waals surface area (Å²) in [6.45, 7) is 0. The highest BCUT2D eigenvalue weighted by Gasteiger charge is 2.09. The van der Waals surface area contributed by atoms with E-state index in [1.165, 1.54) is 0 Å². The molecule has 0 spiro atoms. The van der Waals surface area contributed by atoms with Gasteiger partial charge in [-0.2, -0.15) is 0 Å². The number of hydrogen-bond donors (Lipinski definition) is 0. The summed E-state index contributed by atoms with van der Waals surface area (Å²) in [5.41, 5.74) is 2.08. The summed E-state index contributed by atoms with van der Waals surface area (Å²) < 4.78 is 0. The lowest BCUT2D eigenvalue weighted by atomic mass is 10.2. The predicted octanol–water partition coefficient (Wildman–Crippen LogP) is 1.73. The van der Waals surface area contributed by atoms with E-state index < -0.39 is 0 Å². The van der Waals surface area contributed by atoms with Crippen LogP contribution in [0.4, 0.5) is 0 Å². The van der Waals surface area contributed by atoms with Crippen molar-refractivity contribution < 1.29 is 0 Å². The molecule has 0 N–H and O–H groups in total. The molecule has 0 saturated heterocycles. The van der Waals surface area contributed by atoms with Crippen molar-refractivity contribution in [3.8, 4) is 24.7 Å². The first-order chi connectivity index (χ1) is 4.38. The minimum Gasteiger partial charge on any atom is -0.115 e. The van der Waals surface area contributed by atoms with Crippen LogP contribution in [-0.2, 0) is 0 Å². The quantitative estimate of drug-likeness (QED) is 0.423. The largest absolute Gasteiger partial charge is 0.115 e. The number of terminal acetylenes is 2. The SMILES string of the molecule is C#CC1=C(C#C)CCC1. The van der Waals surface area contributed by atoms with Gasteiger partial charge in [-0.15, -0.1) is 12.8 Å². The summed E-state index contributed by atoms with van der Waals surface area (Å²) in [5, 5.41) is 0. The molecule has 44 valence electrons. The number of allylic oxidation sites excluding steroid dienone is 2. The van der Waals surface area contributed by atoms with Crippen LogP contribution in [0.25, 0.3) is 0 Å². The van der Waals surface area contributed by atoms with E-state index in [4.69, 9.17) is 12.8 Å². The third kappa shape index (κ3) is 0.980. The van der Waals surface area contributed by atoms with Gasteiger partial charge < -0.3 is 0 Å². The lowest BCUT2D eigenvalue weighted by Gasteiger charge is -1.86. The van der Waals surface area contributed by atoms with E-state index in [0.29, 0.717) is 0 Å². The molecule has 0 aromatic carbocycles. The lowest BCUT2D eigenvalue weighted by molar-refractivity contribution is 0.911. The average molecular weight is 116 g/mol. The Balaban J connectivity index is 2.90. The molecular formula is C9H8. The minimum atomic E-state index is 1.01.